The van der Waals surface area contributed by atoms with Gasteiger partial charge in [0.15, 0.2) is 0 Å². The lowest BCUT2D eigenvalue weighted by Gasteiger charge is -2.35. The monoisotopic (exact) mass is 202 g/mol. The van der Waals surface area contributed by atoms with Gasteiger partial charge in [-0.3, -0.25) is 0 Å². The summed E-state index contributed by atoms with van der Waals surface area (Å²) in [5, 5.41) is 0. The molecule has 0 aromatic heterocycles. The summed E-state index contributed by atoms with van der Waals surface area (Å²) in [4.78, 5) is 0. The molecule has 3 aliphatic rings. The van der Waals surface area contributed by atoms with Crippen molar-refractivity contribution in [3.05, 3.63) is 35.5 Å². The van der Waals surface area contributed by atoms with Crippen molar-refractivity contribution in [2.45, 2.75) is 38.2 Å². The molecule has 3 rings (SSSR count). The zero-order chi connectivity index (χ0) is 10.1. The summed E-state index contributed by atoms with van der Waals surface area (Å²) in [6.45, 7) is 0.966. The van der Waals surface area contributed by atoms with E-state index in [1.54, 1.807) is 11.1 Å². The van der Waals surface area contributed by atoms with E-state index < -0.39 is 0 Å². The highest BCUT2D eigenvalue weighted by molar-refractivity contribution is 5.37. The van der Waals surface area contributed by atoms with Crippen molar-refractivity contribution in [3.8, 4) is 0 Å². The van der Waals surface area contributed by atoms with Crippen LogP contribution in [0.15, 0.2) is 35.5 Å². The van der Waals surface area contributed by atoms with Gasteiger partial charge in [-0.05, 0) is 49.2 Å². The number of rotatable bonds is 0. The van der Waals surface area contributed by atoms with Crippen LogP contribution in [-0.4, -0.2) is 12.7 Å². The lowest BCUT2D eigenvalue weighted by molar-refractivity contribution is 0.0375. The number of hydrogen-bond acceptors (Lipinski definition) is 1. The van der Waals surface area contributed by atoms with Crippen LogP contribution in [0.3, 0.4) is 0 Å². The summed E-state index contributed by atoms with van der Waals surface area (Å²) in [5.41, 5.74) is 3.20. The van der Waals surface area contributed by atoms with Gasteiger partial charge in [-0.15, -0.1) is 0 Å². The van der Waals surface area contributed by atoms with Crippen LogP contribution >= 0.6 is 0 Å². The molecule has 1 fully saturated rings. The summed E-state index contributed by atoms with van der Waals surface area (Å²) < 4.78 is 5.86. The highest BCUT2D eigenvalue weighted by Gasteiger charge is 2.30. The molecular formula is C14H18O. The number of allylic oxidation sites excluding steroid dienone is 5. The summed E-state index contributed by atoms with van der Waals surface area (Å²) in [5.74, 6) is 0.771. The molecule has 0 bridgehead atoms. The second-order valence-corrected chi connectivity index (χ2v) is 4.74. The topological polar surface area (TPSA) is 9.23 Å². The molecule has 2 unspecified atom stereocenters. The van der Waals surface area contributed by atoms with Gasteiger partial charge >= 0.3 is 0 Å². The van der Waals surface area contributed by atoms with Crippen molar-refractivity contribution in [1.82, 2.24) is 0 Å². The van der Waals surface area contributed by atoms with E-state index in [4.69, 9.17) is 4.74 Å². The Kier molecular flexibility index (Phi) is 2.49. The molecular weight excluding hydrogens is 184 g/mol. The van der Waals surface area contributed by atoms with Crippen molar-refractivity contribution < 1.29 is 4.74 Å². The molecule has 0 saturated carbocycles. The minimum absolute atomic E-state index is 0.452. The molecule has 1 nitrogen and oxygen atoms in total. The molecule has 0 aromatic carbocycles. The Balaban J connectivity index is 1.98. The highest BCUT2D eigenvalue weighted by atomic mass is 16.5. The predicted molar refractivity (Wildman–Crippen MR) is 61.6 cm³/mol. The predicted octanol–water partition coefficient (Wildman–Crippen LogP) is 3.39. The maximum atomic E-state index is 5.86. The summed E-state index contributed by atoms with van der Waals surface area (Å²) in [7, 11) is 0. The molecule has 2 aliphatic carbocycles. The van der Waals surface area contributed by atoms with E-state index in [1.165, 1.54) is 32.1 Å². The molecule has 15 heavy (non-hydrogen) atoms. The first kappa shape index (κ1) is 9.41. The molecule has 1 saturated heterocycles. The van der Waals surface area contributed by atoms with E-state index >= 15 is 0 Å². The number of hydrogen-bond donors (Lipinski definition) is 0. The fourth-order valence-electron chi connectivity index (χ4n) is 3.08. The van der Waals surface area contributed by atoms with Gasteiger partial charge in [0.2, 0.25) is 0 Å². The molecule has 80 valence electrons. The molecule has 0 spiro atoms. The van der Waals surface area contributed by atoms with E-state index in [9.17, 15) is 0 Å². The Morgan fingerprint density at radius 1 is 1.20 bits per heavy atom. The first-order valence-corrected chi connectivity index (χ1v) is 6.13. The van der Waals surface area contributed by atoms with Crippen LogP contribution in [0.2, 0.25) is 0 Å². The van der Waals surface area contributed by atoms with Crippen LogP contribution in [0.5, 0.6) is 0 Å². The van der Waals surface area contributed by atoms with Crippen molar-refractivity contribution in [2.24, 2.45) is 5.92 Å². The SMILES string of the molecule is C1=CCC2CCC3OCCCC3=C2C=C1. The van der Waals surface area contributed by atoms with Crippen LogP contribution in [0, 0.1) is 5.92 Å². The van der Waals surface area contributed by atoms with Crippen LogP contribution in [-0.2, 0) is 4.74 Å². The van der Waals surface area contributed by atoms with Crippen LogP contribution in [0.25, 0.3) is 0 Å². The quantitative estimate of drug-likeness (QED) is 0.585. The van der Waals surface area contributed by atoms with E-state index in [2.05, 4.69) is 24.3 Å². The van der Waals surface area contributed by atoms with Gasteiger partial charge in [0, 0.05) is 6.61 Å². The maximum Gasteiger partial charge on any atom is 0.0791 e. The van der Waals surface area contributed by atoms with E-state index in [0.717, 1.165) is 12.5 Å². The minimum atomic E-state index is 0.452. The van der Waals surface area contributed by atoms with E-state index in [1.807, 2.05) is 0 Å². The van der Waals surface area contributed by atoms with Crippen LogP contribution in [0.4, 0.5) is 0 Å². The normalized spacial score (nSPS) is 34.7. The van der Waals surface area contributed by atoms with Crippen molar-refractivity contribution >= 4 is 0 Å². The maximum absolute atomic E-state index is 5.86. The Labute approximate surface area is 91.5 Å². The Bertz CT molecular complexity index is 335. The molecule has 1 heterocycles. The van der Waals surface area contributed by atoms with Gasteiger partial charge in [-0.1, -0.05) is 24.3 Å². The minimum Gasteiger partial charge on any atom is -0.374 e. The molecule has 0 N–H and O–H groups in total. The van der Waals surface area contributed by atoms with Crippen molar-refractivity contribution in [1.29, 1.82) is 0 Å². The molecule has 1 heteroatoms. The van der Waals surface area contributed by atoms with Crippen LogP contribution < -0.4 is 0 Å². The average Bonchev–Trinajstić information content (AvgIpc) is 2.54. The first-order chi connectivity index (χ1) is 7.45. The second kappa shape index (κ2) is 3.97. The first-order valence-electron chi connectivity index (χ1n) is 6.13. The third kappa shape index (κ3) is 1.69. The molecule has 2 atom stereocenters. The third-order valence-corrected chi connectivity index (χ3v) is 3.83. The van der Waals surface area contributed by atoms with Crippen molar-refractivity contribution in [3.63, 3.8) is 0 Å². The van der Waals surface area contributed by atoms with Gasteiger partial charge in [0.1, 0.15) is 0 Å². The summed E-state index contributed by atoms with van der Waals surface area (Å²) in [6.07, 6.45) is 15.7. The van der Waals surface area contributed by atoms with E-state index in [-0.39, 0.29) is 0 Å². The Morgan fingerprint density at radius 3 is 3.20 bits per heavy atom. The van der Waals surface area contributed by atoms with Gasteiger partial charge in [-0.25, -0.2) is 0 Å². The second-order valence-electron chi connectivity index (χ2n) is 4.74. The van der Waals surface area contributed by atoms with Crippen LogP contribution in [0.1, 0.15) is 32.1 Å². The fraction of sp³-hybridized carbons (Fsp3) is 0.571. The third-order valence-electron chi connectivity index (χ3n) is 3.83. The smallest absolute Gasteiger partial charge is 0.0791 e. The largest absolute Gasteiger partial charge is 0.374 e. The van der Waals surface area contributed by atoms with Gasteiger partial charge in [0.25, 0.3) is 0 Å². The van der Waals surface area contributed by atoms with Gasteiger partial charge < -0.3 is 4.74 Å². The molecule has 1 aliphatic heterocycles. The number of fused-ring (bicyclic) bond motifs is 2. The summed E-state index contributed by atoms with van der Waals surface area (Å²) >= 11 is 0. The van der Waals surface area contributed by atoms with E-state index in [0.29, 0.717) is 6.10 Å². The zero-order valence-electron chi connectivity index (χ0n) is 9.11. The molecule has 0 aromatic rings. The average molecular weight is 202 g/mol. The fourth-order valence-corrected chi connectivity index (χ4v) is 3.08. The molecule has 0 radical (unpaired) electrons. The lowest BCUT2D eigenvalue weighted by Crippen LogP contribution is -2.29. The Morgan fingerprint density at radius 2 is 2.20 bits per heavy atom. The standard InChI is InChI=1S/C14H18O/c1-2-5-11-8-9-14-13(7-4-10-15-14)12(11)6-3-1/h1-3,6,11,14H,4-5,7-10H2. The lowest BCUT2D eigenvalue weighted by atomic mass is 9.77. The molecule has 0 amide bonds. The van der Waals surface area contributed by atoms with Gasteiger partial charge in [0.05, 0.1) is 6.10 Å². The summed E-state index contributed by atoms with van der Waals surface area (Å²) in [6, 6.07) is 0. The van der Waals surface area contributed by atoms with Gasteiger partial charge in [-0.2, -0.15) is 0 Å². The highest BCUT2D eigenvalue weighted by Crippen LogP contribution is 2.39. The number of ether oxygens (including phenoxy) is 1. The van der Waals surface area contributed by atoms with Crippen molar-refractivity contribution in [2.75, 3.05) is 6.61 Å². The Hall–Kier alpha value is -0.820. The zero-order valence-corrected chi connectivity index (χ0v) is 9.11.